The van der Waals surface area contributed by atoms with Crippen molar-refractivity contribution in [2.75, 3.05) is 0 Å². The first-order valence-corrected chi connectivity index (χ1v) is 7.20. The molecule has 3 rings (SSSR count). The molecule has 1 heterocycles. The molecule has 0 aliphatic heterocycles. The zero-order valence-corrected chi connectivity index (χ0v) is 12.1. The van der Waals surface area contributed by atoms with Crippen molar-refractivity contribution < 1.29 is 9.15 Å². The Morgan fingerprint density at radius 2 is 1.90 bits per heavy atom. The molecule has 0 spiro atoms. The molecule has 1 fully saturated rings. The van der Waals surface area contributed by atoms with E-state index >= 15 is 0 Å². The van der Waals surface area contributed by atoms with E-state index in [1.165, 1.54) is 29.5 Å². The molecular weight excluding hydrogens is 250 g/mol. The van der Waals surface area contributed by atoms with E-state index < -0.39 is 0 Å². The van der Waals surface area contributed by atoms with E-state index in [-0.39, 0.29) is 0 Å². The monoisotopic (exact) mass is 271 g/mol. The number of benzene rings is 1. The lowest BCUT2D eigenvalue weighted by atomic mass is 10.1. The van der Waals surface area contributed by atoms with Crippen LogP contribution < -0.4 is 10.1 Å². The lowest BCUT2D eigenvalue weighted by molar-refractivity contribution is 0.270. The molecule has 0 radical (unpaired) electrons. The Kier molecular flexibility index (Phi) is 3.79. The summed E-state index contributed by atoms with van der Waals surface area (Å²) in [6.07, 6.45) is 4.43. The van der Waals surface area contributed by atoms with Crippen LogP contribution in [0.5, 0.6) is 5.75 Å². The fourth-order valence-corrected chi connectivity index (χ4v) is 2.31. The number of ether oxygens (including phenoxy) is 1. The molecule has 2 aromatic rings. The zero-order valence-electron chi connectivity index (χ0n) is 12.1. The van der Waals surface area contributed by atoms with Gasteiger partial charge in [-0.3, -0.25) is 0 Å². The number of nitrogens with one attached hydrogen (secondary N) is 1. The van der Waals surface area contributed by atoms with E-state index in [1.807, 2.05) is 18.4 Å². The van der Waals surface area contributed by atoms with Crippen LogP contribution in [0.3, 0.4) is 0 Å². The molecule has 0 saturated heterocycles. The molecule has 106 valence electrons. The Labute approximate surface area is 119 Å². The smallest absolute Gasteiger partial charge is 0.146 e. The molecule has 20 heavy (non-hydrogen) atoms. The third-order valence-corrected chi connectivity index (χ3v) is 3.46. The van der Waals surface area contributed by atoms with Crippen molar-refractivity contribution in [3.8, 4) is 5.75 Å². The van der Waals surface area contributed by atoms with Crippen LogP contribution in [0.4, 0.5) is 0 Å². The van der Waals surface area contributed by atoms with Gasteiger partial charge in [0.25, 0.3) is 0 Å². The van der Waals surface area contributed by atoms with Crippen LogP contribution in [0.2, 0.25) is 0 Å². The quantitative estimate of drug-likeness (QED) is 0.869. The first kappa shape index (κ1) is 13.3. The molecule has 1 aliphatic rings. The number of rotatable bonds is 6. The second kappa shape index (κ2) is 5.71. The third-order valence-electron chi connectivity index (χ3n) is 3.46. The van der Waals surface area contributed by atoms with Crippen LogP contribution in [0.25, 0.3) is 0 Å². The van der Waals surface area contributed by atoms with Gasteiger partial charge in [-0.1, -0.05) is 6.07 Å². The highest BCUT2D eigenvalue weighted by atomic mass is 16.5. The van der Waals surface area contributed by atoms with E-state index in [0.717, 1.165) is 24.1 Å². The van der Waals surface area contributed by atoms with Gasteiger partial charge in [-0.15, -0.1) is 0 Å². The molecule has 1 aromatic heterocycles. The number of hydrogen-bond acceptors (Lipinski definition) is 3. The summed E-state index contributed by atoms with van der Waals surface area (Å²) in [5.41, 5.74) is 3.62. The molecule has 1 saturated carbocycles. The topological polar surface area (TPSA) is 34.4 Å². The SMILES string of the molecule is Cc1cc(C)cc(OCc2cc(CNC3CC3)co2)c1. The van der Waals surface area contributed by atoms with E-state index in [0.29, 0.717) is 6.61 Å². The van der Waals surface area contributed by atoms with Gasteiger partial charge < -0.3 is 14.5 Å². The number of aryl methyl sites for hydroxylation is 2. The fraction of sp³-hybridized carbons (Fsp3) is 0.412. The highest BCUT2D eigenvalue weighted by Crippen LogP contribution is 2.21. The van der Waals surface area contributed by atoms with Gasteiger partial charge in [0, 0.05) is 18.2 Å². The largest absolute Gasteiger partial charge is 0.486 e. The minimum Gasteiger partial charge on any atom is -0.486 e. The molecule has 0 bridgehead atoms. The maximum Gasteiger partial charge on any atom is 0.146 e. The van der Waals surface area contributed by atoms with Gasteiger partial charge >= 0.3 is 0 Å². The molecule has 1 aliphatic carbocycles. The van der Waals surface area contributed by atoms with Crippen molar-refractivity contribution >= 4 is 0 Å². The first-order chi connectivity index (χ1) is 9.69. The van der Waals surface area contributed by atoms with Crippen molar-refractivity contribution in [2.45, 2.75) is 45.9 Å². The second-order valence-electron chi connectivity index (χ2n) is 5.69. The third kappa shape index (κ3) is 3.64. The molecule has 0 amide bonds. The lowest BCUT2D eigenvalue weighted by Crippen LogP contribution is -2.14. The van der Waals surface area contributed by atoms with Gasteiger partial charge in [0.1, 0.15) is 18.1 Å². The van der Waals surface area contributed by atoms with E-state index in [2.05, 4.69) is 31.3 Å². The van der Waals surface area contributed by atoms with Crippen LogP contribution in [-0.4, -0.2) is 6.04 Å². The predicted molar refractivity (Wildman–Crippen MR) is 78.8 cm³/mol. The van der Waals surface area contributed by atoms with Crippen LogP contribution in [0, 0.1) is 13.8 Å². The maximum atomic E-state index is 5.79. The summed E-state index contributed by atoms with van der Waals surface area (Å²) in [4.78, 5) is 0. The van der Waals surface area contributed by atoms with Gasteiger partial charge in [-0.05, 0) is 56.0 Å². The van der Waals surface area contributed by atoms with E-state index in [1.54, 1.807) is 0 Å². The molecule has 0 unspecified atom stereocenters. The lowest BCUT2D eigenvalue weighted by Gasteiger charge is -2.06. The van der Waals surface area contributed by atoms with Gasteiger partial charge in [0.05, 0.1) is 6.26 Å². The van der Waals surface area contributed by atoms with Gasteiger partial charge in [0.15, 0.2) is 0 Å². The Bertz CT molecular complexity index is 564. The summed E-state index contributed by atoms with van der Waals surface area (Å²) in [5, 5.41) is 3.47. The van der Waals surface area contributed by atoms with Crippen molar-refractivity contribution in [1.82, 2.24) is 5.32 Å². The van der Waals surface area contributed by atoms with Crippen LogP contribution in [0.1, 0.15) is 35.3 Å². The molecule has 1 N–H and O–H groups in total. The van der Waals surface area contributed by atoms with Crippen molar-refractivity contribution in [3.63, 3.8) is 0 Å². The zero-order chi connectivity index (χ0) is 13.9. The molecule has 3 heteroatoms. The van der Waals surface area contributed by atoms with E-state index in [9.17, 15) is 0 Å². The van der Waals surface area contributed by atoms with Crippen LogP contribution >= 0.6 is 0 Å². The Morgan fingerprint density at radius 3 is 2.60 bits per heavy atom. The molecule has 3 nitrogen and oxygen atoms in total. The van der Waals surface area contributed by atoms with Crippen molar-refractivity contribution in [1.29, 1.82) is 0 Å². The van der Waals surface area contributed by atoms with Crippen molar-refractivity contribution in [3.05, 3.63) is 53.0 Å². The standard InChI is InChI=1S/C17H21NO2/c1-12-5-13(2)7-16(6-12)20-11-17-8-14(10-19-17)9-18-15-3-4-15/h5-8,10,15,18H,3-4,9,11H2,1-2H3. The summed E-state index contributed by atoms with van der Waals surface area (Å²) in [6.45, 7) is 5.52. The summed E-state index contributed by atoms with van der Waals surface area (Å²) >= 11 is 0. The number of hydrogen-bond donors (Lipinski definition) is 1. The summed E-state index contributed by atoms with van der Waals surface area (Å²) in [5.74, 6) is 1.77. The van der Waals surface area contributed by atoms with Crippen molar-refractivity contribution in [2.24, 2.45) is 0 Å². The Morgan fingerprint density at radius 1 is 1.15 bits per heavy atom. The summed E-state index contributed by atoms with van der Waals surface area (Å²) in [6, 6.07) is 9.02. The normalized spacial score (nSPS) is 14.5. The second-order valence-corrected chi connectivity index (χ2v) is 5.69. The highest BCUT2D eigenvalue weighted by molar-refractivity contribution is 5.33. The molecule has 1 aromatic carbocycles. The van der Waals surface area contributed by atoms with Gasteiger partial charge in [-0.2, -0.15) is 0 Å². The van der Waals surface area contributed by atoms with Crippen LogP contribution in [0.15, 0.2) is 34.9 Å². The van der Waals surface area contributed by atoms with Crippen LogP contribution in [-0.2, 0) is 13.2 Å². The summed E-state index contributed by atoms with van der Waals surface area (Å²) in [7, 11) is 0. The van der Waals surface area contributed by atoms with Gasteiger partial charge in [-0.25, -0.2) is 0 Å². The fourth-order valence-electron chi connectivity index (χ4n) is 2.31. The van der Waals surface area contributed by atoms with E-state index in [4.69, 9.17) is 9.15 Å². The average molecular weight is 271 g/mol. The minimum absolute atomic E-state index is 0.478. The highest BCUT2D eigenvalue weighted by Gasteiger charge is 2.20. The average Bonchev–Trinajstić information content (AvgIpc) is 3.12. The minimum atomic E-state index is 0.478. The maximum absolute atomic E-state index is 5.79. The first-order valence-electron chi connectivity index (χ1n) is 7.20. The predicted octanol–water partition coefficient (Wildman–Crippen LogP) is 3.73. The molecule has 0 atom stereocenters. The Balaban J connectivity index is 1.54. The number of furan rings is 1. The Hall–Kier alpha value is -1.74. The summed E-state index contributed by atoms with van der Waals surface area (Å²) < 4.78 is 11.3. The molecular formula is C17H21NO2. The van der Waals surface area contributed by atoms with Gasteiger partial charge in [0.2, 0.25) is 0 Å².